The molecule has 0 radical (unpaired) electrons. The zero-order valence-corrected chi connectivity index (χ0v) is 12.7. The summed E-state index contributed by atoms with van der Waals surface area (Å²) < 4.78 is 10.5. The first-order valence-electron chi connectivity index (χ1n) is 7.24. The topological polar surface area (TPSA) is 94.7 Å². The van der Waals surface area contributed by atoms with E-state index < -0.39 is 12.0 Å². The number of aromatic nitrogens is 1. The van der Waals surface area contributed by atoms with Crippen molar-refractivity contribution in [3.63, 3.8) is 0 Å². The Balaban J connectivity index is 1.92. The minimum atomic E-state index is -0.824. The van der Waals surface area contributed by atoms with Crippen molar-refractivity contribution in [3.05, 3.63) is 30.3 Å². The standard InChI is InChI=1S/C16H17N3O4/c1-22-15-5-3-10-2-4-11(8-12(10)18-15)19-6-7-23-13(16(19)21)9-14(17)20/h2-5,8,13H,6-7,9H2,1H3,(H2,17,20)/t13-/m1/s1. The Morgan fingerprint density at radius 1 is 1.43 bits per heavy atom. The fourth-order valence-electron chi connectivity index (χ4n) is 2.60. The van der Waals surface area contributed by atoms with Gasteiger partial charge in [0.2, 0.25) is 11.8 Å². The van der Waals surface area contributed by atoms with E-state index in [-0.39, 0.29) is 12.3 Å². The Bertz CT molecular complexity index is 762. The maximum atomic E-state index is 12.5. The molecule has 1 saturated heterocycles. The average Bonchev–Trinajstić information content (AvgIpc) is 2.55. The van der Waals surface area contributed by atoms with Crippen LogP contribution in [0.4, 0.5) is 5.69 Å². The van der Waals surface area contributed by atoms with Gasteiger partial charge in [-0.1, -0.05) is 6.07 Å². The molecule has 2 aromatic rings. The molecule has 0 spiro atoms. The molecule has 0 aliphatic carbocycles. The highest BCUT2D eigenvalue weighted by atomic mass is 16.5. The molecule has 0 bridgehead atoms. The van der Waals surface area contributed by atoms with E-state index in [0.29, 0.717) is 24.7 Å². The van der Waals surface area contributed by atoms with Crippen LogP contribution in [0.5, 0.6) is 5.88 Å². The third-order valence-electron chi connectivity index (χ3n) is 3.73. The minimum absolute atomic E-state index is 0.116. The second kappa shape index (κ2) is 6.21. The van der Waals surface area contributed by atoms with Gasteiger partial charge in [-0.3, -0.25) is 9.59 Å². The van der Waals surface area contributed by atoms with Crippen LogP contribution in [0.15, 0.2) is 30.3 Å². The summed E-state index contributed by atoms with van der Waals surface area (Å²) in [7, 11) is 1.55. The third kappa shape index (κ3) is 3.09. The molecular weight excluding hydrogens is 298 g/mol. The summed E-state index contributed by atoms with van der Waals surface area (Å²) in [5.74, 6) is -0.318. The molecule has 1 fully saturated rings. The summed E-state index contributed by atoms with van der Waals surface area (Å²) in [4.78, 5) is 29.5. The van der Waals surface area contributed by atoms with Gasteiger partial charge in [-0.2, -0.15) is 0 Å². The van der Waals surface area contributed by atoms with Crippen molar-refractivity contribution in [2.45, 2.75) is 12.5 Å². The second-order valence-electron chi connectivity index (χ2n) is 5.25. The van der Waals surface area contributed by atoms with E-state index in [1.807, 2.05) is 24.3 Å². The molecule has 0 saturated carbocycles. The van der Waals surface area contributed by atoms with Gasteiger partial charge >= 0.3 is 0 Å². The van der Waals surface area contributed by atoms with Gasteiger partial charge in [0.05, 0.1) is 25.7 Å². The molecule has 7 nitrogen and oxygen atoms in total. The van der Waals surface area contributed by atoms with Crippen LogP contribution >= 0.6 is 0 Å². The molecule has 23 heavy (non-hydrogen) atoms. The van der Waals surface area contributed by atoms with Gasteiger partial charge in [0.25, 0.3) is 5.91 Å². The number of anilines is 1. The quantitative estimate of drug-likeness (QED) is 0.902. The first-order valence-corrected chi connectivity index (χ1v) is 7.24. The van der Waals surface area contributed by atoms with E-state index in [4.69, 9.17) is 15.2 Å². The summed E-state index contributed by atoms with van der Waals surface area (Å²) in [6, 6.07) is 9.25. The van der Waals surface area contributed by atoms with E-state index in [1.54, 1.807) is 18.1 Å². The predicted molar refractivity (Wildman–Crippen MR) is 84.2 cm³/mol. The largest absolute Gasteiger partial charge is 0.481 e. The Hall–Kier alpha value is -2.67. The van der Waals surface area contributed by atoms with Crippen LogP contribution in [0.3, 0.4) is 0 Å². The maximum absolute atomic E-state index is 12.5. The fraction of sp³-hybridized carbons (Fsp3) is 0.312. The van der Waals surface area contributed by atoms with Crippen LogP contribution in [-0.2, 0) is 14.3 Å². The van der Waals surface area contributed by atoms with Crippen molar-refractivity contribution in [3.8, 4) is 5.88 Å². The number of rotatable bonds is 4. The van der Waals surface area contributed by atoms with Crippen LogP contribution < -0.4 is 15.4 Å². The molecule has 7 heteroatoms. The molecule has 2 heterocycles. The number of amides is 2. The number of hydrogen-bond donors (Lipinski definition) is 1. The van der Waals surface area contributed by atoms with Crippen LogP contribution in [0, 0.1) is 0 Å². The summed E-state index contributed by atoms with van der Waals surface area (Å²) in [6.45, 7) is 0.775. The number of morpholine rings is 1. The van der Waals surface area contributed by atoms with E-state index in [0.717, 1.165) is 10.9 Å². The second-order valence-corrected chi connectivity index (χ2v) is 5.25. The first kappa shape index (κ1) is 15.2. The molecule has 1 aliphatic rings. The SMILES string of the molecule is COc1ccc2ccc(N3CCO[C@H](CC(N)=O)C3=O)cc2n1. The lowest BCUT2D eigenvalue weighted by Gasteiger charge is -2.32. The monoisotopic (exact) mass is 315 g/mol. The number of pyridine rings is 1. The average molecular weight is 315 g/mol. The lowest BCUT2D eigenvalue weighted by Crippen LogP contribution is -2.49. The highest BCUT2D eigenvalue weighted by molar-refractivity contribution is 6.00. The number of carbonyl (C=O) groups excluding carboxylic acids is 2. The van der Waals surface area contributed by atoms with Crippen LogP contribution in [0.25, 0.3) is 10.9 Å². The van der Waals surface area contributed by atoms with Crippen molar-refractivity contribution < 1.29 is 19.1 Å². The number of fused-ring (bicyclic) bond motifs is 1. The molecular formula is C16H17N3O4. The highest BCUT2D eigenvalue weighted by Gasteiger charge is 2.31. The van der Waals surface area contributed by atoms with Gasteiger partial charge in [0.1, 0.15) is 6.10 Å². The normalized spacial score (nSPS) is 18.2. The number of hydrogen-bond acceptors (Lipinski definition) is 5. The zero-order chi connectivity index (χ0) is 16.4. The molecule has 1 atom stereocenters. The predicted octanol–water partition coefficient (Wildman–Crippen LogP) is 0.851. The van der Waals surface area contributed by atoms with Gasteiger partial charge < -0.3 is 20.1 Å². The molecule has 2 N–H and O–H groups in total. The van der Waals surface area contributed by atoms with Gasteiger partial charge in [-0.15, -0.1) is 0 Å². The summed E-state index contributed by atoms with van der Waals surface area (Å²) in [5, 5.41) is 0.948. The molecule has 1 aromatic heterocycles. The molecule has 2 amide bonds. The number of benzene rings is 1. The number of nitrogens with zero attached hydrogens (tertiary/aromatic N) is 2. The van der Waals surface area contributed by atoms with E-state index in [2.05, 4.69) is 4.98 Å². The van der Waals surface area contributed by atoms with Crippen molar-refractivity contribution in [2.75, 3.05) is 25.2 Å². The fourth-order valence-corrected chi connectivity index (χ4v) is 2.60. The van der Waals surface area contributed by atoms with E-state index >= 15 is 0 Å². The number of methoxy groups -OCH3 is 1. The molecule has 3 rings (SSSR count). The Morgan fingerprint density at radius 2 is 2.22 bits per heavy atom. The van der Waals surface area contributed by atoms with Crippen LogP contribution in [-0.4, -0.2) is 43.2 Å². The summed E-state index contributed by atoms with van der Waals surface area (Å²) in [6.07, 6.45) is -0.940. The Morgan fingerprint density at radius 3 is 2.96 bits per heavy atom. The zero-order valence-electron chi connectivity index (χ0n) is 12.7. The van der Waals surface area contributed by atoms with Gasteiger partial charge in [-0.05, 0) is 18.2 Å². The van der Waals surface area contributed by atoms with Crippen LogP contribution in [0.1, 0.15) is 6.42 Å². The van der Waals surface area contributed by atoms with Crippen molar-refractivity contribution in [1.82, 2.24) is 4.98 Å². The van der Waals surface area contributed by atoms with Gasteiger partial charge in [-0.25, -0.2) is 4.98 Å². The van der Waals surface area contributed by atoms with Crippen molar-refractivity contribution in [2.24, 2.45) is 5.73 Å². The number of nitrogens with two attached hydrogens (primary N) is 1. The molecule has 1 aromatic carbocycles. The Kier molecular flexibility index (Phi) is 4.12. The van der Waals surface area contributed by atoms with Crippen molar-refractivity contribution in [1.29, 1.82) is 0 Å². The highest BCUT2D eigenvalue weighted by Crippen LogP contribution is 2.25. The van der Waals surface area contributed by atoms with E-state index in [9.17, 15) is 9.59 Å². The minimum Gasteiger partial charge on any atom is -0.481 e. The number of primary amides is 1. The molecule has 120 valence electrons. The smallest absolute Gasteiger partial charge is 0.256 e. The first-order chi connectivity index (χ1) is 11.1. The summed E-state index contributed by atoms with van der Waals surface area (Å²) in [5.41, 5.74) is 6.60. The Labute approximate surface area is 133 Å². The number of carbonyl (C=O) groups is 2. The molecule has 1 aliphatic heterocycles. The maximum Gasteiger partial charge on any atom is 0.256 e. The van der Waals surface area contributed by atoms with Gasteiger partial charge in [0.15, 0.2) is 0 Å². The van der Waals surface area contributed by atoms with E-state index in [1.165, 1.54) is 0 Å². The third-order valence-corrected chi connectivity index (χ3v) is 3.73. The molecule has 0 unspecified atom stereocenters. The lowest BCUT2D eigenvalue weighted by molar-refractivity contribution is -0.138. The lowest BCUT2D eigenvalue weighted by atomic mass is 10.1. The summed E-state index contributed by atoms with van der Waals surface area (Å²) >= 11 is 0. The van der Waals surface area contributed by atoms with Gasteiger partial charge in [0, 0.05) is 23.7 Å². The van der Waals surface area contributed by atoms with Crippen LogP contribution in [0.2, 0.25) is 0 Å². The van der Waals surface area contributed by atoms with Crippen molar-refractivity contribution >= 4 is 28.4 Å². The number of ether oxygens (including phenoxy) is 2.